The van der Waals surface area contributed by atoms with E-state index in [0.29, 0.717) is 23.5 Å². The van der Waals surface area contributed by atoms with Crippen LogP contribution in [0.15, 0.2) is 57.7 Å². The van der Waals surface area contributed by atoms with Crippen molar-refractivity contribution in [3.05, 3.63) is 75.6 Å². The molecule has 0 radical (unpaired) electrons. The lowest BCUT2D eigenvalue weighted by molar-refractivity contribution is 0.103. The molecule has 0 unspecified atom stereocenters. The molecular formula is C20H18O4. The fraction of sp³-hybridized carbons (Fsp3) is 0.200. The van der Waals surface area contributed by atoms with Crippen molar-refractivity contribution in [3.8, 4) is 5.75 Å². The van der Waals surface area contributed by atoms with E-state index in [2.05, 4.69) is 0 Å². The van der Waals surface area contributed by atoms with Crippen LogP contribution in [0, 0.1) is 6.92 Å². The van der Waals surface area contributed by atoms with E-state index < -0.39 is 5.63 Å². The van der Waals surface area contributed by atoms with Crippen LogP contribution >= 0.6 is 0 Å². The van der Waals surface area contributed by atoms with E-state index in [4.69, 9.17) is 9.15 Å². The van der Waals surface area contributed by atoms with Crippen LogP contribution in [0.25, 0.3) is 11.0 Å². The third-order valence-corrected chi connectivity index (χ3v) is 3.79. The molecule has 0 aliphatic carbocycles. The molecular weight excluding hydrogens is 304 g/mol. The fourth-order valence-electron chi connectivity index (χ4n) is 2.57. The number of hydrogen-bond donors (Lipinski definition) is 0. The molecule has 0 amide bonds. The van der Waals surface area contributed by atoms with Crippen LogP contribution in [0.4, 0.5) is 0 Å². The molecule has 1 aromatic heterocycles. The summed E-state index contributed by atoms with van der Waals surface area (Å²) in [5.74, 6) is 0.323. The molecule has 2 aromatic carbocycles. The lowest BCUT2D eigenvalue weighted by atomic mass is 10.0. The van der Waals surface area contributed by atoms with Crippen molar-refractivity contribution in [1.82, 2.24) is 0 Å². The molecule has 122 valence electrons. The van der Waals surface area contributed by atoms with E-state index in [9.17, 15) is 9.59 Å². The van der Waals surface area contributed by atoms with E-state index in [1.807, 2.05) is 26.0 Å². The van der Waals surface area contributed by atoms with E-state index in [1.54, 1.807) is 36.4 Å². The highest BCUT2D eigenvalue weighted by Crippen LogP contribution is 2.25. The summed E-state index contributed by atoms with van der Waals surface area (Å²) >= 11 is 0. The minimum atomic E-state index is -0.636. The van der Waals surface area contributed by atoms with Crippen molar-refractivity contribution in [1.29, 1.82) is 0 Å². The van der Waals surface area contributed by atoms with Crippen molar-refractivity contribution < 1.29 is 13.9 Å². The molecule has 1 heterocycles. The molecule has 4 nitrogen and oxygen atoms in total. The van der Waals surface area contributed by atoms with Crippen LogP contribution < -0.4 is 10.4 Å². The van der Waals surface area contributed by atoms with Gasteiger partial charge in [-0.15, -0.1) is 0 Å². The zero-order valence-electron chi connectivity index (χ0n) is 13.7. The van der Waals surface area contributed by atoms with Crippen LogP contribution in [0.5, 0.6) is 5.75 Å². The maximum Gasteiger partial charge on any atom is 0.347 e. The Bertz CT molecular complexity index is 939. The molecule has 0 saturated carbocycles. The molecule has 0 saturated heterocycles. The number of carbonyl (C=O) groups is 1. The van der Waals surface area contributed by atoms with Gasteiger partial charge in [0, 0.05) is 17.0 Å². The van der Waals surface area contributed by atoms with E-state index >= 15 is 0 Å². The van der Waals surface area contributed by atoms with Gasteiger partial charge in [-0.3, -0.25) is 4.79 Å². The fourth-order valence-corrected chi connectivity index (χ4v) is 2.57. The second-order valence-corrected chi connectivity index (χ2v) is 5.64. The smallest absolute Gasteiger partial charge is 0.347 e. The summed E-state index contributed by atoms with van der Waals surface area (Å²) in [5.41, 5.74) is 1.19. The number of aryl methyl sites for hydroxylation is 1. The summed E-state index contributed by atoms with van der Waals surface area (Å²) in [6, 6.07) is 13.9. The average molecular weight is 322 g/mol. The van der Waals surface area contributed by atoms with Gasteiger partial charge < -0.3 is 9.15 Å². The first kappa shape index (κ1) is 16.0. The maximum atomic E-state index is 12.5. The summed E-state index contributed by atoms with van der Waals surface area (Å²) in [6.45, 7) is 4.52. The molecule has 3 aromatic rings. The quantitative estimate of drug-likeness (QED) is 0.524. The van der Waals surface area contributed by atoms with Crippen LogP contribution in [0.3, 0.4) is 0 Å². The van der Waals surface area contributed by atoms with Gasteiger partial charge in [0.05, 0.1) is 6.61 Å². The van der Waals surface area contributed by atoms with Gasteiger partial charge in [0.2, 0.25) is 0 Å². The van der Waals surface area contributed by atoms with Gasteiger partial charge in [0.1, 0.15) is 16.9 Å². The highest BCUT2D eigenvalue weighted by Gasteiger charge is 2.16. The van der Waals surface area contributed by atoms with Crippen molar-refractivity contribution in [2.75, 3.05) is 6.61 Å². The number of ether oxygens (including phenoxy) is 1. The van der Waals surface area contributed by atoms with Gasteiger partial charge >= 0.3 is 5.63 Å². The number of hydrogen-bond acceptors (Lipinski definition) is 4. The zero-order valence-corrected chi connectivity index (χ0v) is 13.7. The Labute approximate surface area is 139 Å². The van der Waals surface area contributed by atoms with Crippen LogP contribution in [0.2, 0.25) is 0 Å². The Balaban J connectivity index is 2.09. The Morgan fingerprint density at radius 2 is 1.88 bits per heavy atom. The van der Waals surface area contributed by atoms with Gasteiger partial charge in [-0.1, -0.05) is 37.3 Å². The lowest BCUT2D eigenvalue weighted by Gasteiger charge is -2.09. The van der Waals surface area contributed by atoms with Crippen molar-refractivity contribution in [2.24, 2.45) is 0 Å². The third-order valence-electron chi connectivity index (χ3n) is 3.79. The monoisotopic (exact) mass is 322 g/mol. The summed E-state index contributed by atoms with van der Waals surface area (Å²) in [5, 5.41) is 0.734. The molecule has 0 fully saturated rings. The molecule has 0 spiro atoms. The maximum absolute atomic E-state index is 12.5. The normalized spacial score (nSPS) is 10.8. The first-order valence-corrected chi connectivity index (χ1v) is 7.91. The third kappa shape index (κ3) is 3.08. The summed E-state index contributed by atoms with van der Waals surface area (Å²) in [6.07, 6.45) is 0.894. The molecule has 0 N–H and O–H groups in total. The predicted octanol–water partition coefficient (Wildman–Crippen LogP) is 4.12. The van der Waals surface area contributed by atoms with Gasteiger partial charge in [0.15, 0.2) is 5.78 Å². The predicted molar refractivity (Wildman–Crippen MR) is 92.9 cm³/mol. The highest BCUT2D eigenvalue weighted by atomic mass is 16.5. The Kier molecular flexibility index (Phi) is 4.47. The van der Waals surface area contributed by atoms with Crippen LogP contribution in [-0.2, 0) is 0 Å². The van der Waals surface area contributed by atoms with E-state index in [-0.39, 0.29) is 11.3 Å². The molecule has 0 aliphatic heterocycles. The number of carbonyl (C=O) groups excluding carboxylic acids is 1. The van der Waals surface area contributed by atoms with Crippen LogP contribution in [0.1, 0.15) is 34.8 Å². The number of ketones is 1. The number of rotatable bonds is 5. The molecule has 3 rings (SSSR count). The van der Waals surface area contributed by atoms with E-state index in [1.165, 1.54) is 0 Å². The van der Waals surface area contributed by atoms with Crippen molar-refractivity contribution in [2.45, 2.75) is 20.3 Å². The molecule has 0 aliphatic rings. The first-order chi connectivity index (χ1) is 11.6. The van der Waals surface area contributed by atoms with E-state index in [0.717, 1.165) is 17.4 Å². The number of benzene rings is 2. The second-order valence-electron chi connectivity index (χ2n) is 5.64. The summed E-state index contributed by atoms with van der Waals surface area (Å²) < 4.78 is 11.0. The average Bonchev–Trinajstić information content (AvgIpc) is 2.59. The Morgan fingerprint density at radius 3 is 2.58 bits per heavy atom. The van der Waals surface area contributed by atoms with Gasteiger partial charge in [-0.25, -0.2) is 4.79 Å². The minimum Gasteiger partial charge on any atom is -0.493 e. The standard InChI is InChI=1S/C20H18O4/c1-3-9-23-15-10-13(2)16-12-17(20(22)24-18(16)11-15)19(21)14-7-5-4-6-8-14/h4-8,10-12H,3,9H2,1-2H3. The van der Waals surface area contributed by atoms with Gasteiger partial charge in [0.25, 0.3) is 0 Å². The molecule has 0 bridgehead atoms. The largest absolute Gasteiger partial charge is 0.493 e. The lowest BCUT2D eigenvalue weighted by Crippen LogP contribution is -2.15. The minimum absolute atomic E-state index is 0.0408. The van der Waals surface area contributed by atoms with Crippen molar-refractivity contribution >= 4 is 16.8 Å². The molecule has 24 heavy (non-hydrogen) atoms. The SMILES string of the molecule is CCCOc1cc(C)c2cc(C(=O)c3ccccc3)c(=O)oc2c1. The zero-order chi connectivity index (χ0) is 17.1. The highest BCUT2D eigenvalue weighted by molar-refractivity contribution is 6.10. The van der Waals surface area contributed by atoms with Crippen LogP contribution in [-0.4, -0.2) is 12.4 Å². The topological polar surface area (TPSA) is 56.5 Å². The molecule has 4 heteroatoms. The summed E-state index contributed by atoms with van der Waals surface area (Å²) in [7, 11) is 0. The number of fused-ring (bicyclic) bond motifs is 1. The second kappa shape index (κ2) is 6.71. The Morgan fingerprint density at radius 1 is 1.12 bits per heavy atom. The van der Waals surface area contributed by atoms with Gasteiger partial charge in [-0.2, -0.15) is 0 Å². The van der Waals surface area contributed by atoms with Gasteiger partial charge in [-0.05, 0) is 31.0 Å². The Hall–Kier alpha value is -2.88. The van der Waals surface area contributed by atoms with Crippen molar-refractivity contribution in [3.63, 3.8) is 0 Å². The first-order valence-electron chi connectivity index (χ1n) is 7.91. The molecule has 0 atom stereocenters. The summed E-state index contributed by atoms with van der Waals surface area (Å²) in [4.78, 5) is 24.8.